The average molecular weight is 150 g/mol. The molecular weight excluding hydrogens is 136 g/mol. The topological polar surface area (TPSA) is 9.23 Å². The monoisotopic (exact) mass is 150 g/mol. The molecule has 0 aromatic carbocycles. The van der Waals surface area contributed by atoms with Gasteiger partial charge >= 0.3 is 0 Å². The first-order valence-corrected chi connectivity index (χ1v) is 3.44. The number of methoxy groups -OCH3 is 1. The summed E-state index contributed by atoms with van der Waals surface area (Å²) in [5.41, 5.74) is 0.797. The Bertz CT molecular complexity index is 197. The van der Waals surface area contributed by atoms with Crippen molar-refractivity contribution in [3.63, 3.8) is 0 Å². The quantitative estimate of drug-likeness (QED) is 0.442. The van der Waals surface area contributed by atoms with E-state index in [0.717, 1.165) is 5.57 Å². The molecule has 0 bridgehead atoms. The number of hydrogen-bond donors (Lipinski definition) is 0. The molecule has 0 unspecified atom stereocenters. The van der Waals surface area contributed by atoms with E-state index in [2.05, 4.69) is 13.2 Å². The van der Waals surface area contributed by atoms with Crippen LogP contribution in [0, 0.1) is 0 Å². The first-order valence-electron chi connectivity index (χ1n) is 3.44. The summed E-state index contributed by atoms with van der Waals surface area (Å²) in [4.78, 5) is 0. The molecule has 0 radical (unpaired) electrons. The smallest absolute Gasteiger partial charge is 0.118 e. The predicted octanol–water partition coefficient (Wildman–Crippen LogP) is 2.84. The highest BCUT2D eigenvalue weighted by atomic mass is 16.5. The maximum Gasteiger partial charge on any atom is 0.118 e. The van der Waals surface area contributed by atoms with Crippen molar-refractivity contribution in [1.29, 1.82) is 0 Å². The minimum Gasteiger partial charge on any atom is -0.497 e. The van der Waals surface area contributed by atoms with Crippen LogP contribution >= 0.6 is 0 Å². The van der Waals surface area contributed by atoms with E-state index in [4.69, 9.17) is 4.74 Å². The molecule has 0 fully saturated rings. The Kier molecular flexibility index (Phi) is 4.91. The second-order valence-electron chi connectivity index (χ2n) is 2.04. The molecule has 0 rings (SSSR count). The van der Waals surface area contributed by atoms with E-state index < -0.39 is 0 Å². The third-order valence-electron chi connectivity index (χ3n) is 1.21. The maximum atomic E-state index is 4.87. The molecule has 1 nitrogen and oxygen atoms in total. The molecule has 0 spiro atoms. The van der Waals surface area contributed by atoms with Crippen molar-refractivity contribution in [2.24, 2.45) is 0 Å². The molecule has 0 aliphatic heterocycles. The van der Waals surface area contributed by atoms with E-state index in [1.807, 2.05) is 31.2 Å². The zero-order valence-corrected chi connectivity index (χ0v) is 7.13. The van der Waals surface area contributed by atoms with Gasteiger partial charge in [0.1, 0.15) is 5.76 Å². The van der Waals surface area contributed by atoms with Gasteiger partial charge in [0, 0.05) is 5.57 Å². The minimum atomic E-state index is 0.603. The van der Waals surface area contributed by atoms with Crippen LogP contribution in [0.2, 0.25) is 0 Å². The average Bonchev–Trinajstić information content (AvgIpc) is 2.03. The lowest BCUT2D eigenvalue weighted by molar-refractivity contribution is 0.305. The first-order chi connectivity index (χ1) is 5.22. The maximum absolute atomic E-state index is 4.87. The standard InChI is InChI=1S/C10H14O/c1-5-6-7-8-9(2)10(3)11-4/h5-8H,2-3H2,1,4H3. The largest absolute Gasteiger partial charge is 0.497 e. The summed E-state index contributed by atoms with van der Waals surface area (Å²) in [6.07, 6.45) is 7.62. The highest BCUT2D eigenvalue weighted by Crippen LogP contribution is 2.06. The molecular formula is C10H14O. The summed E-state index contributed by atoms with van der Waals surface area (Å²) < 4.78 is 4.87. The Balaban J connectivity index is 3.97. The summed E-state index contributed by atoms with van der Waals surface area (Å²) in [6, 6.07) is 0. The van der Waals surface area contributed by atoms with Crippen LogP contribution < -0.4 is 0 Å². The number of ether oxygens (including phenoxy) is 1. The van der Waals surface area contributed by atoms with Crippen LogP contribution in [0.1, 0.15) is 6.92 Å². The first kappa shape index (κ1) is 9.76. The van der Waals surface area contributed by atoms with Gasteiger partial charge < -0.3 is 4.74 Å². The molecule has 0 atom stereocenters. The molecule has 0 saturated heterocycles. The molecule has 0 amide bonds. The summed E-state index contributed by atoms with van der Waals surface area (Å²) >= 11 is 0. The Morgan fingerprint density at radius 1 is 1.27 bits per heavy atom. The van der Waals surface area contributed by atoms with Crippen LogP contribution in [0.5, 0.6) is 0 Å². The van der Waals surface area contributed by atoms with Gasteiger partial charge in [0.15, 0.2) is 0 Å². The van der Waals surface area contributed by atoms with Gasteiger partial charge in [-0.25, -0.2) is 0 Å². The summed E-state index contributed by atoms with van der Waals surface area (Å²) in [6.45, 7) is 9.36. The van der Waals surface area contributed by atoms with Gasteiger partial charge in [-0.15, -0.1) is 0 Å². The van der Waals surface area contributed by atoms with Gasteiger partial charge in [-0.3, -0.25) is 0 Å². The second-order valence-corrected chi connectivity index (χ2v) is 2.04. The molecule has 0 N–H and O–H groups in total. The van der Waals surface area contributed by atoms with Crippen LogP contribution in [0.4, 0.5) is 0 Å². The summed E-state index contributed by atoms with van der Waals surface area (Å²) in [7, 11) is 1.58. The lowest BCUT2D eigenvalue weighted by Crippen LogP contribution is -1.84. The highest BCUT2D eigenvalue weighted by molar-refractivity contribution is 5.32. The zero-order valence-electron chi connectivity index (χ0n) is 7.13. The summed E-state index contributed by atoms with van der Waals surface area (Å²) in [5.74, 6) is 0.603. The molecule has 60 valence electrons. The molecule has 0 aromatic rings. The number of hydrogen-bond acceptors (Lipinski definition) is 1. The molecule has 0 aromatic heterocycles. The highest BCUT2D eigenvalue weighted by Gasteiger charge is 1.91. The molecule has 0 heterocycles. The molecule has 0 aliphatic carbocycles. The van der Waals surface area contributed by atoms with E-state index in [9.17, 15) is 0 Å². The van der Waals surface area contributed by atoms with E-state index in [1.54, 1.807) is 7.11 Å². The van der Waals surface area contributed by atoms with Crippen molar-refractivity contribution in [3.05, 3.63) is 48.8 Å². The van der Waals surface area contributed by atoms with Crippen LogP contribution in [-0.2, 0) is 4.74 Å². The number of rotatable bonds is 4. The van der Waals surface area contributed by atoms with Crippen LogP contribution in [0.25, 0.3) is 0 Å². The third kappa shape index (κ3) is 4.20. The molecule has 1 heteroatoms. The normalized spacial score (nSPS) is 10.7. The van der Waals surface area contributed by atoms with Gasteiger partial charge in [0.2, 0.25) is 0 Å². The summed E-state index contributed by atoms with van der Waals surface area (Å²) in [5, 5.41) is 0. The van der Waals surface area contributed by atoms with Crippen molar-refractivity contribution in [2.45, 2.75) is 6.92 Å². The fourth-order valence-corrected chi connectivity index (χ4v) is 0.507. The lowest BCUT2D eigenvalue weighted by atomic mass is 10.2. The third-order valence-corrected chi connectivity index (χ3v) is 1.21. The Hall–Kier alpha value is -1.24. The molecule has 0 aliphatic rings. The van der Waals surface area contributed by atoms with Gasteiger partial charge in [-0.05, 0) is 6.92 Å². The van der Waals surface area contributed by atoms with Gasteiger partial charge in [0.05, 0.1) is 7.11 Å². The van der Waals surface area contributed by atoms with Gasteiger partial charge in [-0.2, -0.15) is 0 Å². The van der Waals surface area contributed by atoms with Crippen molar-refractivity contribution in [3.8, 4) is 0 Å². The zero-order chi connectivity index (χ0) is 8.69. The van der Waals surface area contributed by atoms with Crippen molar-refractivity contribution < 1.29 is 4.74 Å². The Morgan fingerprint density at radius 3 is 2.36 bits per heavy atom. The van der Waals surface area contributed by atoms with Crippen LogP contribution in [0.3, 0.4) is 0 Å². The fourth-order valence-electron chi connectivity index (χ4n) is 0.507. The Labute approximate surface area is 68.4 Å². The predicted molar refractivity (Wildman–Crippen MR) is 49.2 cm³/mol. The van der Waals surface area contributed by atoms with Gasteiger partial charge in [-0.1, -0.05) is 37.5 Å². The van der Waals surface area contributed by atoms with E-state index in [1.165, 1.54) is 0 Å². The van der Waals surface area contributed by atoms with Gasteiger partial charge in [0.25, 0.3) is 0 Å². The number of allylic oxidation sites excluding steroid dienone is 4. The van der Waals surface area contributed by atoms with Crippen LogP contribution in [0.15, 0.2) is 48.8 Å². The lowest BCUT2D eigenvalue weighted by Gasteiger charge is -2.00. The van der Waals surface area contributed by atoms with Crippen molar-refractivity contribution in [1.82, 2.24) is 0 Å². The second kappa shape index (κ2) is 5.54. The molecule has 11 heavy (non-hydrogen) atoms. The minimum absolute atomic E-state index is 0.603. The SMILES string of the molecule is C=C(C=CC=CC)C(=C)OC. The van der Waals surface area contributed by atoms with Crippen molar-refractivity contribution >= 4 is 0 Å². The van der Waals surface area contributed by atoms with E-state index >= 15 is 0 Å². The van der Waals surface area contributed by atoms with E-state index in [0.29, 0.717) is 5.76 Å². The Morgan fingerprint density at radius 2 is 1.91 bits per heavy atom. The molecule has 0 saturated carbocycles. The van der Waals surface area contributed by atoms with E-state index in [-0.39, 0.29) is 0 Å². The fraction of sp³-hybridized carbons (Fsp3) is 0.200. The van der Waals surface area contributed by atoms with Crippen molar-refractivity contribution in [2.75, 3.05) is 7.11 Å². The van der Waals surface area contributed by atoms with Crippen LogP contribution in [-0.4, -0.2) is 7.11 Å².